The van der Waals surface area contributed by atoms with Gasteiger partial charge < -0.3 is 0 Å². The van der Waals surface area contributed by atoms with Crippen LogP contribution in [0, 0.1) is 5.92 Å². The lowest BCUT2D eigenvalue weighted by Gasteiger charge is -2.15. The fraction of sp³-hybridized carbons (Fsp3) is 0.500. The molecule has 0 aromatic heterocycles. The van der Waals surface area contributed by atoms with E-state index in [0.29, 0.717) is 16.0 Å². The highest BCUT2D eigenvalue weighted by Crippen LogP contribution is 2.25. The van der Waals surface area contributed by atoms with Crippen LogP contribution in [-0.2, 0) is 6.54 Å². The van der Waals surface area contributed by atoms with Crippen molar-refractivity contribution in [3.8, 4) is 0 Å². The number of hydrogen-bond donors (Lipinski definition) is 0. The Morgan fingerprint density at radius 1 is 1.25 bits per heavy atom. The Hall–Kier alpha value is 0.0500. The number of halogens is 3. The van der Waals surface area contributed by atoms with Crippen LogP contribution in [0.15, 0.2) is 18.2 Å². The molecule has 1 atom stereocenters. The van der Waals surface area contributed by atoms with E-state index < -0.39 is 0 Å². The van der Waals surface area contributed by atoms with Gasteiger partial charge in [0.1, 0.15) is 0 Å². The molecule has 0 bridgehead atoms. The van der Waals surface area contributed by atoms with Gasteiger partial charge in [-0.05, 0) is 36.6 Å². The summed E-state index contributed by atoms with van der Waals surface area (Å²) in [5.41, 5.74) is 1.21. The van der Waals surface area contributed by atoms with Crippen molar-refractivity contribution in [2.45, 2.75) is 13.0 Å². The second-order valence-corrected chi connectivity index (χ2v) is 5.42. The van der Waals surface area contributed by atoms with Crippen LogP contribution >= 0.6 is 34.8 Å². The van der Waals surface area contributed by atoms with E-state index in [1.54, 1.807) is 0 Å². The highest BCUT2D eigenvalue weighted by Gasteiger charge is 2.21. The molecule has 1 aliphatic heterocycles. The second-order valence-electron chi connectivity index (χ2n) is 4.29. The molecule has 1 fully saturated rings. The third kappa shape index (κ3) is 3.04. The smallest absolute Gasteiger partial charge is 0.0595 e. The molecular formula is C12H14Cl3N. The molecule has 4 heteroatoms. The van der Waals surface area contributed by atoms with Crippen LogP contribution in [0.4, 0.5) is 0 Å². The van der Waals surface area contributed by atoms with E-state index in [-0.39, 0.29) is 0 Å². The minimum atomic E-state index is 0.616. The van der Waals surface area contributed by atoms with Gasteiger partial charge in [-0.25, -0.2) is 0 Å². The first-order chi connectivity index (χ1) is 7.69. The normalized spacial score (nSPS) is 21.6. The Labute approximate surface area is 111 Å². The van der Waals surface area contributed by atoms with Gasteiger partial charge in [0.15, 0.2) is 0 Å². The maximum absolute atomic E-state index is 5.98. The third-order valence-corrected chi connectivity index (χ3v) is 4.15. The van der Waals surface area contributed by atoms with Gasteiger partial charge >= 0.3 is 0 Å². The highest BCUT2D eigenvalue weighted by atomic mass is 35.5. The van der Waals surface area contributed by atoms with Crippen LogP contribution in [0.25, 0.3) is 0 Å². The zero-order valence-electron chi connectivity index (χ0n) is 8.93. The van der Waals surface area contributed by atoms with Crippen molar-refractivity contribution in [2.75, 3.05) is 19.0 Å². The average molecular weight is 279 g/mol. The standard InChI is InChI=1S/C12H14Cl3N/c13-6-10-3-4-16(8-10)7-9-1-2-11(14)12(15)5-9/h1-2,5,10H,3-4,6-8H2. The van der Waals surface area contributed by atoms with E-state index in [9.17, 15) is 0 Å². The molecule has 0 amide bonds. The first-order valence-corrected chi connectivity index (χ1v) is 6.70. The molecule has 0 aliphatic carbocycles. The summed E-state index contributed by atoms with van der Waals surface area (Å²) in [4.78, 5) is 2.41. The molecule has 1 unspecified atom stereocenters. The number of likely N-dealkylation sites (tertiary alicyclic amines) is 1. The van der Waals surface area contributed by atoms with Crippen molar-refractivity contribution >= 4 is 34.8 Å². The summed E-state index contributed by atoms with van der Waals surface area (Å²) in [6.45, 7) is 3.14. The Kier molecular flexibility index (Phi) is 4.37. The predicted octanol–water partition coefficient (Wildman–Crippen LogP) is 4.05. The first-order valence-electron chi connectivity index (χ1n) is 5.41. The largest absolute Gasteiger partial charge is 0.299 e. The first kappa shape index (κ1) is 12.5. The molecule has 1 aliphatic rings. The Bertz CT molecular complexity index is 367. The van der Waals surface area contributed by atoms with E-state index in [1.807, 2.05) is 18.2 Å². The van der Waals surface area contributed by atoms with E-state index in [4.69, 9.17) is 34.8 Å². The van der Waals surface area contributed by atoms with Gasteiger partial charge in [0.05, 0.1) is 10.0 Å². The summed E-state index contributed by atoms with van der Waals surface area (Å²) in [6.07, 6.45) is 1.20. The monoisotopic (exact) mass is 277 g/mol. The quantitative estimate of drug-likeness (QED) is 0.754. The molecule has 1 saturated heterocycles. The maximum Gasteiger partial charge on any atom is 0.0595 e. The van der Waals surface area contributed by atoms with Crippen LogP contribution in [0.3, 0.4) is 0 Å². The van der Waals surface area contributed by atoms with Gasteiger partial charge in [-0.1, -0.05) is 29.3 Å². The lowest BCUT2D eigenvalue weighted by Crippen LogP contribution is -2.20. The van der Waals surface area contributed by atoms with Gasteiger partial charge in [0, 0.05) is 19.0 Å². The topological polar surface area (TPSA) is 3.24 Å². The van der Waals surface area contributed by atoms with Crippen LogP contribution in [0.5, 0.6) is 0 Å². The Morgan fingerprint density at radius 2 is 2.06 bits per heavy atom. The van der Waals surface area contributed by atoms with Crippen molar-refractivity contribution in [1.82, 2.24) is 4.90 Å². The van der Waals surface area contributed by atoms with Gasteiger partial charge in [-0.2, -0.15) is 0 Å². The van der Waals surface area contributed by atoms with Gasteiger partial charge in [-0.15, -0.1) is 11.6 Å². The van der Waals surface area contributed by atoms with Crippen molar-refractivity contribution in [3.63, 3.8) is 0 Å². The van der Waals surface area contributed by atoms with E-state index in [2.05, 4.69) is 4.90 Å². The fourth-order valence-electron chi connectivity index (χ4n) is 2.08. The number of nitrogens with zero attached hydrogens (tertiary/aromatic N) is 1. The van der Waals surface area contributed by atoms with E-state index in [0.717, 1.165) is 25.5 Å². The van der Waals surface area contributed by atoms with Crippen LogP contribution in [0.1, 0.15) is 12.0 Å². The molecule has 1 aromatic carbocycles. The summed E-state index contributed by atoms with van der Waals surface area (Å²) in [5, 5.41) is 1.25. The molecule has 0 N–H and O–H groups in total. The molecular weight excluding hydrogens is 264 g/mol. The zero-order chi connectivity index (χ0) is 11.5. The Balaban J connectivity index is 1.97. The minimum absolute atomic E-state index is 0.616. The molecule has 16 heavy (non-hydrogen) atoms. The van der Waals surface area contributed by atoms with Crippen molar-refractivity contribution in [2.24, 2.45) is 5.92 Å². The molecule has 0 saturated carbocycles. The highest BCUT2D eigenvalue weighted by molar-refractivity contribution is 6.42. The summed E-state index contributed by atoms with van der Waals surface area (Å²) in [7, 11) is 0. The molecule has 88 valence electrons. The maximum atomic E-state index is 5.98. The lowest BCUT2D eigenvalue weighted by molar-refractivity contribution is 0.321. The van der Waals surface area contributed by atoms with E-state index >= 15 is 0 Å². The van der Waals surface area contributed by atoms with Crippen molar-refractivity contribution in [3.05, 3.63) is 33.8 Å². The zero-order valence-corrected chi connectivity index (χ0v) is 11.2. The third-order valence-electron chi connectivity index (χ3n) is 2.98. The van der Waals surface area contributed by atoms with Gasteiger partial charge in [-0.3, -0.25) is 4.90 Å². The van der Waals surface area contributed by atoms with Crippen LogP contribution < -0.4 is 0 Å². The molecule has 2 rings (SSSR count). The molecule has 0 spiro atoms. The van der Waals surface area contributed by atoms with Crippen LogP contribution in [0.2, 0.25) is 10.0 Å². The number of benzene rings is 1. The second kappa shape index (κ2) is 5.59. The summed E-state index contributed by atoms with van der Waals surface area (Å²) < 4.78 is 0. The average Bonchev–Trinajstić information content (AvgIpc) is 2.71. The van der Waals surface area contributed by atoms with Crippen molar-refractivity contribution < 1.29 is 0 Å². The van der Waals surface area contributed by atoms with Crippen LogP contribution in [-0.4, -0.2) is 23.9 Å². The SMILES string of the molecule is ClCC1CCN(Cc2ccc(Cl)c(Cl)c2)C1. The van der Waals surface area contributed by atoms with Crippen molar-refractivity contribution in [1.29, 1.82) is 0 Å². The molecule has 1 aromatic rings. The minimum Gasteiger partial charge on any atom is -0.299 e. The molecule has 1 heterocycles. The fourth-order valence-corrected chi connectivity index (χ4v) is 2.65. The van der Waals surface area contributed by atoms with Gasteiger partial charge in [0.25, 0.3) is 0 Å². The van der Waals surface area contributed by atoms with E-state index in [1.165, 1.54) is 12.0 Å². The number of alkyl halides is 1. The summed E-state index contributed by atoms with van der Waals surface area (Å²) in [6, 6.07) is 5.83. The molecule has 0 radical (unpaired) electrons. The molecule has 1 nitrogen and oxygen atoms in total. The van der Waals surface area contributed by atoms with Gasteiger partial charge in [0.2, 0.25) is 0 Å². The number of hydrogen-bond acceptors (Lipinski definition) is 1. The Morgan fingerprint density at radius 3 is 2.69 bits per heavy atom. The lowest BCUT2D eigenvalue weighted by atomic mass is 10.2. The summed E-state index contributed by atoms with van der Waals surface area (Å²) in [5.74, 6) is 1.40. The summed E-state index contributed by atoms with van der Waals surface area (Å²) >= 11 is 17.7. The predicted molar refractivity (Wildman–Crippen MR) is 70.6 cm³/mol. The number of rotatable bonds is 3.